The van der Waals surface area contributed by atoms with E-state index in [-0.39, 0.29) is 50.9 Å². The predicted octanol–water partition coefficient (Wildman–Crippen LogP) is 8.60. The Morgan fingerprint density at radius 2 is 0.775 bits per heavy atom. The van der Waals surface area contributed by atoms with E-state index in [1.165, 1.54) is 5.56 Å². The number of rotatable bonds is 30. The summed E-state index contributed by atoms with van der Waals surface area (Å²) in [5.41, 5.74) is 1.91. The lowest BCUT2D eigenvalue weighted by Crippen LogP contribution is -2.49. The Morgan fingerprint density at radius 3 is 1.10 bits per heavy atom. The molecule has 27 heteroatoms. The lowest BCUT2D eigenvalue weighted by molar-refractivity contribution is -0.124. The fourth-order valence-corrected chi connectivity index (χ4v) is 7.69. The Kier molecular flexibility index (Phi) is 35.1. The van der Waals surface area contributed by atoms with Crippen molar-refractivity contribution in [2.75, 3.05) is 59.0 Å². The van der Waals surface area contributed by atoms with Gasteiger partial charge in [0.2, 0.25) is 23.7 Å². The monoisotopic (exact) mass is 1260 g/mol. The molecule has 0 fully saturated rings. The van der Waals surface area contributed by atoms with Crippen LogP contribution >= 0.6 is 0 Å². The number of amides is 8. The van der Waals surface area contributed by atoms with Crippen LogP contribution in [0.5, 0.6) is 5.75 Å². The van der Waals surface area contributed by atoms with Crippen LogP contribution in [0.25, 0.3) is 0 Å². The maximum absolute atomic E-state index is 13.8. The van der Waals surface area contributed by atoms with Crippen molar-refractivity contribution in [3.05, 3.63) is 29.8 Å². The Hall–Kier alpha value is -7.16. The number of nitrogens with zero attached hydrogens (tertiary/aromatic N) is 3. The molecule has 0 aliphatic carbocycles. The lowest BCUT2D eigenvalue weighted by Gasteiger charge is -2.25. The second-order valence-corrected chi connectivity index (χ2v) is 27.2. The van der Waals surface area contributed by atoms with Gasteiger partial charge in [0.15, 0.2) is 0 Å². The second kappa shape index (κ2) is 39.1. The third kappa shape index (κ3) is 44.9. The molecule has 0 aliphatic rings. The van der Waals surface area contributed by atoms with Crippen molar-refractivity contribution in [2.45, 2.75) is 241 Å². The van der Waals surface area contributed by atoms with Crippen LogP contribution in [0.3, 0.4) is 0 Å². The zero-order valence-corrected chi connectivity index (χ0v) is 56.6. The average Bonchev–Trinajstić information content (AvgIpc) is 3.43. The molecule has 10 N–H and O–H groups in total. The number of hydrogen-bond donors (Lipinski definition) is 9. The van der Waals surface area contributed by atoms with Gasteiger partial charge in [-0.15, -0.1) is 0 Å². The van der Waals surface area contributed by atoms with E-state index in [1.54, 1.807) is 125 Å². The van der Waals surface area contributed by atoms with Gasteiger partial charge >= 0.3 is 36.6 Å². The maximum atomic E-state index is 13.8. The number of aliphatic imine (C=N–C) groups is 2. The van der Waals surface area contributed by atoms with Gasteiger partial charge in [0.05, 0.1) is 0 Å². The van der Waals surface area contributed by atoms with E-state index in [1.807, 2.05) is 24.3 Å². The van der Waals surface area contributed by atoms with Gasteiger partial charge < -0.3 is 60.2 Å². The highest BCUT2D eigenvalue weighted by Crippen LogP contribution is 2.16. The molecule has 8 amide bonds. The number of nitrogens with one attached hydrogen (secondary N) is 8. The number of benzene rings is 1. The number of carbonyl (C=O) groups is 8. The van der Waals surface area contributed by atoms with Crippen molar-refractivity contribution >= 4 is 60.3 Å². The summed E-state index contributed by atoms with van der Waals surface area (Å²) in [6.45, 7) is 33.8. The summed E-state index contributed by atoms with van der Waals surface area (Å²) in [5, 5.41) is 21.1. The van der Waals surface area contributed by atoms with Gasteiger partial charge in [-0.25, -0.2) is 28.8 Å². The normalized spacial score (nSPS) is 12.6. The molecule has 0 bridgehead atoms. The van der Waals surface area contributed by atoms with Gasteiger partial charge in [-0.2, -0.15) is 0 Å². The number of ether oxygens (including phenoxy) is 7. The smallest absolute Gasteiger partial charge is 0.414 e. The van der Waals surface area contributed by atoms with Crippen LogP contribution in [-0.4, -0.2) is 170 Å². The molecule has 0 spiro atoms. The molecule has 2 atom stereocenters. The first-order valence-corrected chi connectivity index (χ1v) is 30.9. The van der Waals surface area contributed by atoms with Gasteiger partial charge in [-0.3, -0.25) is 45.7 Å². The summed E-state index contributed by atoms with van der Waals surface area (Å²) in [6, 6.07) is 5.99. The third-order valence-corrected chi connectivity index (χ3v) is 11.3. The number of guanidine groups is 2. The Labute approximate surface area is 528 Å². The summed E-state index contributed by atoms with van der Waals surface area (Å²) in [5.74, 6) is -0.517. The minimum absolute atomic E-state index is 0.115. The first-order valence-electron chi connectivity index (χ1n) is 30.9. The van der Waals surface area contributed by atoms with Crippen molar-refractivity contribution in [3.8, 4) is 5.75 Å². The molecule has 0 heterocycles. The van der Waals surface area contributed by atoms with E-state index in [4.69, 9.17) is 38.9 Å². The molecule has 0 unspecified atom stereocenters. The van der Waals surface area contributed by atoms with Crippen LogP contribution in [0, 0.1) is 0 Å². The van der Waals surface area contributed by atoms with Crippen LogP contribution in [0.1, 0.15) is 194 Å². The van der Waals surface area contributed by atoms with E-state index < -0.39 is 94.1 Å². The number of unbranched alkanes of at least 4 members (excludes halogenated alkanes) is 3. The third-order valence-electron chi connectivity index (χ3n) is 11.3. The summed E-state index contributed by atoms with van der Waals surface area (Å²) < 4.78 is 38.5. The molecule has 1 aromatic carbocycles. The number of nitrogens with two attached hydrogens (primary N) is 1. The van der Waals surface area contributed by atoms with E-state index in [0.717, 1.165) is 19.3 Å². The lowest BCUT2D eigenvalue weighted by atomic mass is 10.1. The molecule has 89 heavy (non-hydrogen) atoms. The first-order chi connectivity index (χ1) is 41.1. The molecule has 27 nitrogen and oxygen atoms in total. The van der Waals surface area contributed by atoms with E-state index in [2.05, 4.69) is 57.4 Å². The van der Waals surface area contributed by atoms with Crippen LogP contribution in [-0.2, 0) is 44.4 Å². The summed E-state index contributed by atoms with van der Waals surface area (Å²) in [7, 11) is 0. The summed E-state index contributed by atoms with van der Waals surface area (Å²) >= 11 is 0. The zero-order valence-electron chi connectivity index (χ0n) is 56.6. The quantitative estimate of drug-likeness (QED) is 0.0151. The minimum Gasteiger partial charge on any atom is -0.492 e. The maximum Gasteiger partial charge on any atom is 0.414 e. The predicted molar refractivity (Wildman–Crippen MR) is 342 cm³/mol. The first kappa shape index (κ1) is 79.9. The van der Waals surface area contributed by atoms with Crippen molar-refractivity contribution in [1.29, 1.82) is 0 Å². The molecular formula is C62H110N12O15. The Bertz CT molecular complexity index is 2220. The number of hydrogen-bond acceptors (Lipinski definition) is 19. The van der Waals surface area contributed by atoms with Gasteiger partial charge in [0, 0.05) is 32.7 Å². The molecule has 508 valence electrons. The van der Waals surface area contributed by atoms with Crippen molar-refractivity contribution < 1.29 is 71.5 Å². The van der Waals surface area contributed by atoms with Crippen LogP contribution < -0.4 is 53.0 Å². The highest BCUT2D eigenvalue weighted by Gasteiger charge is 2.28. The van der Waals surface area contributed by atoms with Crippen molar-refractivity contribution in [1.82, 2.24) is 47.4 Å². The molecule has 0 saturated heterocycles. The Balaban J connectivity index is 3.23. The molecule has 0 saturated carbocycles. The van der Waals surface area contributed by atoms with Crippen LogP contribution in [0.2, 0.25) is 0 Å². The second-order valence-electron chi connectivity index (χ2n) is 27.2. The van der Waals surface area contributed by atoms with E-state index in [9.17, 15) is 38.4 Å². The largest absolute Gasteiger partial charge is 0.492 e. The zero-order chi connectivity index (χ0) is 67.7. The molecule has 0 radical (unpaired) electrons. The van der Waals surface area contributed by atoms with Crippen molar-refractivity contribution in [2.24, 2.45) is 15.7 Å². The summed E-state index contributed by atoms with van der Waals surface area (Å²) in [6.07, 6.45) is 0.940. The molecular weight excluding hydrogens is 1150 g/mol. The highest BCUT2D eigenvalue weighted by molar-refractivity contribution is 6.02. The van der Waals surface area contributed by atoms with Gasteiger partial charge in [-0.05, 0) is 233 Å². The fraction of sp³-hybridized carbons (Fsp3) is 0.742. The topological polar surface area (TPSA) is 351 Å². The van der Waals surface area contributed by atoms with E-state index in [0.29, 0.717) is 77.1 Å². The molecule has 1 rings (SSSR count). The Morgan fingerprint density at radius 1 is 0.438 bits per heavy atom. The number of aryl methyl sites for hydroxylation is 1. The van der Waals surface area contributed by atoms with E-state index >= 15 is 0 Å². The number of carbonyl (C=O) groups excluding carboxylic acids is 8. The minimum atomic E-state index is -0.982. The highest BCUT2D eigenvalue weighted by atomic mass is 16.6. The van der Waals surface area contributed by atoms with Crippen LogP contribution in [0.4, 0.5) is 28.8 Å². The van der Waals surface area contributed by atoms with Crippen molar-refractivity contribution in [3.63, 3.8) is 0 Å². The van der Waals surface area contributed by atoms with Gasteiger partial charge in [0.1, 0.15) is 58.0 Å². The van der Waals surface area contributed by atoms with Crippen LogP contribution in [0.15, 0.2) is 34.3 Å². The molecule has 0 aliphatic heterocycles. The molecule has 0 aromatic heterocycles. The average molecular weight is 1260 g/mol. The molecule has 1 aromatic rings. The fourth-order valence-electron chi connectivity index (χ4n) is 7.69. The SMILES string of the molecule is CC(C)(C)OC(=O)NC(=NCCCC[C@H](NC(=O)OC(C)(C)C)C(=O)NCCCN(CCCNC(=O)[C@@H](CCCCN=C(NC(=O)OC(C)(C)C)NC(=O)OC(C)(C)C)NC(=O)OC(C)(C)C)CCOc1ccc(CCCCN)cc1)NC(=O)OC(C)(C)C. The summed E-state index contributed by atoms with van der Waals surface area (Å²) in [4.78, 5) is 115. The van der Waals surface area contributed by atoms with Gasteiger partial charge in [-0.1, -0.05) is 12.1 Å². The number of alkyl carbamates (subject to hydrolysis) is 6. The standard InChI is InChI=1S/C62H110N12O15/c1-57(2,3)84-51(77)68-45(28-20-23-35-66-49(70-53(79)86-59(7,8)9)71-54(80)87-60(10,11)12)47(75)64-37-25-39-74(41-42-83-44-32-30-43(31-33-44)27-19-22-34-63)40-26-38-65-48(76)46(69-52(78)85-58(4,5)6)29-21-24-36-67-50(72-55(81)88-61(13,14)15)73-56(82)89-62(16,17)18/h30-33,45-46H,19-29,34-42,63H2,1-18H3,(H,64,75)(H,65,76)(H,68,77)(H,69,78)(H2,66,70,71,79,80)(H2,67,72,73,81,82)/t45-,46+. The van der Waals surface area contributed by atoms with Gasteiger partial charge in [0.25, 0.3) is 0 Å².